The molecular formula is C18H29N. The highest BCUT2D eigenvalue weighted by Crippen LogP contribution is 2.30. The maximum atomic E-state index is 6.54. The Hall–Kier alpha value is -0.820. The molecule has 1 atom stereocenters. The van der Waals surface area contributed by atoms with E-state index >= 15 is 0 Å². The Morgan fingerprint density at radius 1 is 1.00 bits per heavy atom. The molecule has 0 saturated carbocycles. The summed E-state index contributed by atoms with van der Waals surface area (Å²) in [6.45, 7) is 4.53. The summed E-state index contributed by atoms with van der Waals surface area (Å²) in [6.07, 6.45) is 10.2. The smallest absolute Gasteiger partial charge is 0.0323 e. The van der Waals surface area contributed by atoms with E-state index < -0.39 is 0 Å². The van der Waals surface area contributed by atoms with Gasteiger partial charge in [0.2, 0.25) is 0 Å². The molecule has 1 nitrogen and oxygen atoms in total. The summed E-state index contributed by atoms with van der Waals surface area (Å²) in [7, 11) is 0. The van der Waals surface area contributed by atoms with Gasteiger partial charge in [-0.15, -0.1) is 0 Å². The van der Waals surface area contributed by atoms with Gasteiger partial charge in [-0.3, -0.25) is 0 Å². The second kappa shape index (κ2) is 7.09. The van der Waals surface area contributed by atoms with E-state index in [1.54, 1.807) is 11.1 Å². The van der Waals surface area contributed by atoms with Crippen LogP contribution in [0.5, 0.6) is 0 Å². The summed E-state index contributed by atoms with van der Waals surface area (Å²) in [6, 6.07) is 7.25. The number of hydrogen-bond donors (Lipinski definition) is 1. The zero-order valence-electron chi connectivity index (χ0n) is 12.6. The summed E-state index contributed by atoms with van der Waals surface area (Å²) in [5.41, 5.74) is 11.0. The zero-order chi connectivity index (χ0) is 13.7. The molecule has 106 valence electrons. The van der Waals surface area contributed by atoms with Crippen molar-refractivity contribution in [1.82, 2.24) is 0 Å². The molecule has 0 heterocycles. The molecule has 1 aromatic carbocycles. The maximum Gasteiger partial charge on any atom is 0.0323 e. The molecule has 19 heavy (non-hydrogen) atoms. The van der Waals surface area contributed by atoms with Crippen LogP contribution in [-0.2, 0) is 12.8 Å². The molecule has 2 rings (SSSR count). The third kappa shape index (κ3) is 3.60. The molecule has 0 bridgehead atoms. The van der Waals surface area contributed by atoms with Crippen LogP contribution in [0.15, 0.2) is 18.2 Å². The number of fused-ring (bicyclic) bond motifs is 1. The van der Waals surface area contributed by atoms with E-state index in [-0.39, 0.29) is 6.04 Å². The molecule has 1 heteroatoms. The Morgan fingerprint density at radius 3 is 2.26 bits per heavy atom. The molecule has 0 aromatic heterocycles. The Labute approximate surface area is 118 Å². The van der Waals surface area contributed by atoms with E-state index in [1.807, 2.05) is 0 Å². The van der Waals surface area contributed by atoms with Crippen molar-refractivity contribution in [3.8, 4) is 0 Å². The minimum atomic E-state index is 0.229. The fourth-order valence-corrected chi connectivity index (χ4v) is 3.48. The van der Waals surface area contributed by atoms with Crippen molar-refractivity contribution in [3.63, 3.8) is 0 Å². The molecule has 0 saturated heterocycles. The fraction of sp³-hybridized carbons (Fsp3) is 0.667. The first-order chi connectivity index (χ1) is 9.26. The fourth-order valence-electron chi connectivity index (χ4n) is 3.48. The van der Waals surface area contributed by atoms with E-state index in [1.165, 1.54) is 56.9 Å². The Balaban J connectivity index is 2.15. The van der Waals surface area contributed by atoms with Crippen LogP contribution in [0.2, 0.25) is 0 Å². The predicted octanol–water partition coefficient (Wildman–Crippen LogP) is 4.78. The molecule has 0 amide bonds. The minimum absolute atomic E-state index is 0.229. The third-order valence-electron chi connectivity index (χ3n) is 4.58. The number of hydrogen-bond acceptors (Lipinski definition) is 1. The maximum absolute atomic E-state index is 6.54. The van der Waals surface area contributed by atoms with Crippen molar-refractivity contribution < 1.29 is 0 Å². The molecular weight excluding hydrogens is 230 g/mol. The molecule has 1 aliphatic carbocycles. The van der Waals surface area contributed by atoms with Crippen LogP contribution in [0.25, 0.3) is 0 Å². The lowest BCUT2D eigenvalue weighted by atomic mass is 9.83. The van der Waals surface area contributed by atoms with Crippen molar-refractivity contribution in [2.75, 3.05) is 0 Å². The molecule has 0 spiro atoms. The van der Waals surface area contributed by atoms with Gasteiger partial charge in [-0.05, 0) is 61.1 Å². The molecule has 1 aliphatic rings. The minimum Gasteiger partial charge on any atom is -0.324 e. The van der Waals surface area contributed by atoms with Gasteiger partial charge in [0.25, 0.3) is 0 Å². The van der Waals surface area contributed by atoms with Gasteiger partial charge >= 0.3 is 0 Å². The Kier molecular flexibility index (Phi) is 5.45. The lowest BCUT2D eigenvalue weighted by Gasteiger charge is -2.25. The Bertz CT molecular complexity index is 391. The van der Waals surface area contributed by atoms with Gasteiger partial charge in [0.15, 0.2) is 0 Å². The van der Waals surface area contributed by atoms with E-state index in [9.17, 15) is 0 Å². The van der Waals surface area contributed by atoms with Crippen molar-refractivity contribution in [2.24, 2.45) is 11.7 Å². The second-order valence-electron chi connectivity index (χ2n) is 6.10. The highest BCUT2D eigenvalue weighted by molar-refractivity contribution is 5.35. The van der Waals surface area contributed by atoms with Gasteiger partial charge < -0.3 is 5.73 Å². The Morgan fingerprint density at radius 2 is 1.63 bits per heavy atom. The number of aryl methyl sites for hydroxylation is 2. The molecule has 0 aliphatic heterocycles. The van der Waals surface area contributed by atoms with Crippen LogP contribution in [0.4, 0.5) is 0 Å². The topological polar surface area (TPSA) is 26.0 Å². The number of nitrogens with two attached hydrogens (primary N) is 1. The van der Waals surface area contributed by atoms with Crippen LogP contribution in [0, 0.1) is 5.92 Å². The van der Waals surface area contributed by atoms with Crippen molar-refractivity contribution >= 4 is 0 Å². The van der Waals surface area contributed by atoms with E-state index in [0.717, 1.165) is 0 Å². The first-order valence-corrected chi connectivity index (χ1v) is 8.13. The largest absolute Gasteiger partial charge is 0.324 e. The van der Waals surface area contributed by atoms with Crippen molar-refractivity contribution in [1.29, 1.82) is 0 Å². The van der Waals surface area contributed by atoms with Gasteiger partial charge in [0, 0.05) is 6.04 Å². The monoisotopic (exact) mass is 259 g/mol. The quantitative estimate of drug-likeness (QED) is 0.781. The number of benzene rings is 1. The van der Waals surface area contributed by atoms with Gasteiger partial charge in [0.05, 0.1) is 0 Å². The van der Waals surface area contributed by atoms with Crippen LogP contribution < -0.4 is 5.73 Å². The number of rotatable bonds is 6. The summed E-state index contributed by atoms with van der Waals surface area (Å²) in [5.74, 6) is 0.650. The molecule has 1 unspecified atom stereocenters. The van der Waals surface area contributed by atoms with E-state index in [4.69, 9.17) is 5.73 Å². The lowest BCUT2D eigenvalue weighted by molar-refractivity contribution is 0.368. The summed E-state index contributed by atoms with van der Waals surface area (Å²) < 4.78 is 0. The van der Waals surface area contributed by atoms with E-state index in [2.05, 4.69) is 32.0 Å². The van der Waals surface area contributed by atoms with Crippen molar-refractivity contribution in [3.05, 3.63) is 34.9 Å². The molecule has 0 radical (unpaired) electrons. The van der Waals surface area contributed by atoms with Crippen LogP contribution in [0.3, 0.4) is 0 Å². The molecule has 2 N–H and O–H groups in total. The first kappa shape index (κ1) is 14.6. The van der Waals surface area contributed by atoms with Gasteiger partial charge in [0.1, 0.15) is 0 Å². The lowest BCUT2D eigenvalue weighted by Crippen LogP contribution is -2.22. The van der Waals surface area contributed by atoms with Gasteiger partial charge in [-0.2, -0.15) is 0 Å². The third-order valence-corrected chi connectivity index (χ3v) is 4.58. The van der Waals surface area contributed by atoms with Gasteiger partial charge in [-0.1, -0.05) is 44.9 Å². The summed E-state index contributed by atoms with van der Waals surface area (Å²) in [4.78, 5) is 0. The molecule has 0 fully saturated rings. The second-order valence-corrected chi connectivity index (χ2v) is 6.10. The van der Waals surface area contributed by atoms with Gasteiger partial charge in [-0.25, -0.2) is 0 Å². The summed E-state index contributed by atoms with van der Waals surface area (Å²) in [5, 5.41) is 0. The van der Waals surface area contributed by atoms with Crippen LogP contribution >= 0.6 is 0 Å². The highest BCUT2D eigenvalue weighted by Gasteiger charge is 2.19. The predicted molar refractivity (Wildman–Crippen MR) is 83.3 cm³/mol. The van der Waals surface area contributed by atoms with E-state index in [0.29, 0.717) is 5.92 Å². The zero-order valence-corrected chi connectivity index (χ0v) is 12.6. The van der Waals surface area contributed by atoms with Crippen LogP contribution in [-0.4, -0.2) is 0 Å². The standard InChI is InChI=1S/C18H29N/c1-3-7-15(8-4-2)18(19)17-12-11-14-9-5-6-10-16(14)13-17/h11-13,15,18H,3-10,19H2,1-2H3. The normalized spacial score (nSPS) is 16.4. The van der Waals surface area contributed by atoms with Crippen LogP contribution in [0.1, 0.15) is 75.1 Å². The summed E-state index contributed by atoms with van der Waals surface area (Å²) >= 11 is 0. The van der Waals surface area contributed by atoms with Crippen molar-refractivity contribution in [2.45, 2.75) is 71.3 Å². The average molecular weight is 259 g/mol. The molecule has 1 aromatic rings. The average Bonchev–Trinajstić information content (AvgIpc) is 2.46. The SMILES string of the molecule is CCCC(CCC)C(N)c1ccc2c(c1)CCCC2. The highest BCUT2D eigenvalue weighted by atomic mass is 14.6. The first-order valence-electron chi connectivity index (χ1n) is 8.13.